The molecule has 0 aliphatic heterocycles. The zero-order valence-corrected chi connectivity index (χ0v) is 11.5. The number of rotatable bonds is 3. The Bertz CT molecular complexity index is 568. The normalized spacial score (nSPS) is 10.4. The van der Waals surface area contributed by atoms with E-state index in [1.165, 1.54) is 18.4 Å². The molecule has 0 atom stereocenters. The first-order chi connectivity index (χ1) is 8.51. The van der Waals surface area contributed by atoms with Crippen molar-refractivity contribution < 1.29 is 9.53 Å². The molecular formula is C11H14N4O2S. The van der Waals surface area contributed by atoms with Crippen molar-refractivity contribution in [3.8, 4) is 0 Å². The largest absolute Gasteiger partial charge is 0.464 e. The monoisotopic (exact) mass is 266 g/mol. The van der Waals surface area contributed by atoms with Gasteiger partial charge < -0.3 is 10.1 Å². The molecule has 0 aliphatic carbocycles. The van der Waals surface area contributed by atoms with Gasteiger partial charge in [-0.1, -0.05) is 0 Å². The van der Waals surface area contributed by atoms with Crippen LogP contribution in [-0.4, -0.2) is 27.8 Å². The summed E-state index contributed by atoms with van der Waals surface area (Å²) in [5.41, 5.74) is 1.39. The molecule has 0 spiro atoms. The average molecular weight is 266 g/mol. The van der Waals surface area contributed by atoms with Crippen LogP contribution in [0.1, 0.15) is 21.1 Å². The van der Waals surface area contributed by atoms with Gasteiger partial charge in [-0.3, -0.25) is 4.68 Å². The van der Waals surface area contributed by atoms with E-state index in [1.807, 2.05) is 27.0 Å². The Morgan fingerprint density at radius 3 is 2.78 bits per heavy atom. The molecule has 0 bridgehead atoms. The molecular weight excluding hydrogens is 252 g/mol. The molecule has 0 saturated heterocycles. The second-order valence-corrected chi connectivity index (χ2v) is 5.04. The topological polar surface area (TPSA) is 69.0 Å². The molecule has 18 heavy (non-hydrogen) atoms. The van der Waals surface area contributed by atoms with Gasteiger partial charge in [0, 0.05) is 23.7 Å². The van der Waals surface area contributed by atoms with Crippen molar-refractivity contribution in [2.45, 2.75) is 13.8 Å². The number of esters is 1. The highest BCUT2D eigenvalue weighted by atomic mass is 32.1. The maximum Gasteiger partial charge on any atom is 0.357 e. The molecule has 2 aromatic heterocycles. The first-order valence-corrected chi connectivity index (χ1v) is 6.16. The second kappa shape index (κ2) is 4.77. The van der Waals surface area contributed by atoms with Crippen molar-refractivity contribution >= 4 is 28.3 Å². The van der Waals surface area contributed by atoms with Crippen LogP contribution in [0.3, 0.4) is 0 Å². The van der Waals surface area contributed by atoms with Crippen LogP contribution in [0, 0.1) is 13.8 Å². The van der Waals surface area contributed by atoms with Gasteiger partial charge in [0.1, 0.15) is 0 Å². The standard InChI is InChI=1S/C11H14N4O2S/c1-6-5-8(14-15(6)3)12-11-13-9(7(2)18-11)10(16)17-4/h5H,1-4H3,(H,12,13,14). The molecule has 0 fully saturated rings. The first kappa shape index (κ1) is 12.6. The van der Waals surface area contributed by atoms with E-state index in [2.05, 4.69) is 20.1 Å². The number of hydrogen-bond donors (Lipinski definition) is 1. The summed E-state index contributed by atoms with van der Waals surface area (Å²) in [6.07, 6.45) is 0. The Balaban J connectivity index is 2.22. The highest BCUT2D eigenvalue weighted by Crippen LogP contribution is 2.25. The van der Waals surface area contributed by atoms with Gasteiger partial charge in [0.25, 0.3) is 0 Å². The molecule has 6 nitrogen and oxygen atoms in total. The third-order valence-corrected chi connectivity index (χ3v) is 3.41. The minimum Gasteiger partial charge on any atom is -0.464 e. The Labute approximate surface area is 109 Å². The van der Waals surface area contributed by atoms with E-state index in [-0.39, 0.29) is 0 Å². The zero-order chi connectivity index (χ0) is 13.3. The minimum atomic E-state index is -0.422. The van der Waals surface area contributed by atoms with Crippen LogP contribution in [-0.2, 0) is 11.8 Å². The van der Waals surface area contributed by atoms with Gasteiger partial charge in [-0.2, -0.15) is 5.10 Å². The summed E-state index contributed by atoms with van der Waals surface area (Å²) < 4.78 is 6.43. The van der Waals surface area contributed by atoms with E-state index in [1.54, 1.807) is 4.68 Å². The van der Waals surface area contributed by atoms with Gasteiger partial charge in [0.05, 0.1) is 7.11 Å². The van der Waals surface area contributed by atoms with E-state index in [9.17, 15) is 4.79 Å². The Morgan fingerprint density at radius 1 is 1.50 bits per heavy atom. The van der Waals surface area contributed by atoms with E-state index in [4.69, 9.17) is 0 Å². The van der Waals surface area contributed by atoms with Gasteiger partial charge >= 0.3 is 5.97 Å². The number of hydrogen-bond acceptors (Lipinski definition) is 6. The van der Waals surface area contributed by atoms with Crippen molar-refractivity contribution in [2.75, 3.05) is 12.4 Å². The summed E-state index contributed by atoms with van der Waals surface area (Å²) in [4.78, 5) is 16.4. The number of anilines is 2. The lowest BCUT2D eigenvalue weighted by molar-refractivity contribution is 0.0594. The summed E-state index contributed by atoms with van der Waals surface area (Å²) in [5, 5.41) is 7.97. The molecule has 2 rings (SSSR count). The molecule has 0 aliphatic rings. The van der Waals surface area contributed by atoms with Crippen LogP contribution in [0.2, 0.25) is 0 Å². The van der Waals surface area contributed by atoms with Gasteiger partial charge in [0.2, 0.25) is 0 Å². The fourth-order valence-corrected chi connectivity index (χ4v) is 2.28. The van der Waals surface area contributed by atoms with Gasteiger partial charge in [-0.15, -0.1) is 11.3 Å². The quantitative estimate of drug-likeness (QED) is 0.861. The fraction of sp³-hybridized carbons (Fsp3) is 0.364. The van der Waals surface area contributed by atoms with Crippen LogP contribution in [0.4, 0.5) is 10.9 Å². The second-order valence-electron chi connectivity index (χ2n) is 3.83. The predicted octanol–water partition coefficient (Wildman–Crippen LogP) is 2.02. The van der Waals surface area contributed by atoms with E-state index < -0.39 is 5.97 Å². The molecule has 0 radical (unpaired) electrons. The van der Waals surface area contributed by atoms with Crippen molar-refractivity contribution in [2.24, 2.45) is 7.05 Å². The van der Waals surface area contributed by atoms with E-state index >= 15 is 0 Å². The van der Waals surface area contributed by atoms with Crippen LogP contribution >= 0.6 is 11.3 Å². The van der Waals surface area contributed by atoms with E-state index in [0.29, 0.717) is 16.6 Å². The smallest absolute Gasteiger partial charge is 0.357 e. The molecule has 2 heterocycles. The lowest BCUT2D eigenvalue weighted by atomic mass is 10.4. The highest BCUT2D eigenvalue weighted by molar-refractivity contribution is 7.15. The SMILES string of the molecule is COC(=O)c1nc(Nc2cc(C)n(C)n2)sc1C. The summed E-state index contributed by atoms with van der Waals surface area (Å²) >= 11 is 1.40. The molecule has 0 amide bonds. The number of aryl methyl sites for hydroxylation is 3. The van der Waals surface area contributed by atoms with Crippen molar-refractivity contribution in [3.05, 3.63) is 22.3 Å². The molecule has 1 N–H and O–H groups in total. The average Bonchev–Trinajstić information content (AvgIpc) is 2.82. The van der Waals surface area contributed by atoms with Crippen molar-refractivity contribution in [3.63, 3.8) is 0 Å². The number of nitrogens with one attached hydrogen (secondary N) is 1. The van der Waals surface area contributed by atoms with Gasteiger partial charge in [-0.05, 0) is 13.8 Å². The van der Waals surface area contributed by atoms with Crippen molar-refractivity contribution in [1.29, 1.82) is 0 Å². The Morgan fingerprint density at radius 2 is 2.22 bits per heavy atom. The Kier molecular flexibility index (Phi) is 3.33. The molecule has 0 saturated carbocycles. The summed E-state index contributed by atoms with van der Waals surface area (Å²) in [5.74, 6) is 0.286. The highest BCUT2D eigenvalue weighted by Gasteiger charge is 2.16. The molecule has 0 unspecified atom stereocenters. The number of carbonyl (C=O) groups is 1. The number of aromatic nitrogens is 3. The zero-order valence-electron chi connectivity index (χ0n) is 10.6. The third kappa shape index (κ3) is 2.35. The van der Waals surface area contributed by atoms with Crippen LogP contribution in [0.15, 0.2) is 6.07 Å². The van der Waals surface area contributed by atoms with Gasteiger partial charge in [-0.25, -0.2) is 9.78 Å². The van der Waals surface area contributed by atoms with Crippen LogP contribution in [0.5, 0.6) is 0 Å². The minimum absolute atomic E-state index is 0.345. The van der Waals surface area contributed by atoms with E-state index in [0.717, 1.165) is 10.6 Å². The number of ether oxygens (including phenoxy) is 1. The van der Waals surface area contributed by atoms with Gasteiger partial charge in [0.15, 0.2) is 16.6 Å². The number of thiazole rings is 1. The predicted molar refractivity (Wildman–Crippen MR) is 69.4 cm³/mol. The summed E-state index contributed by atoms with van der Waals surface area (Å²) in [7, 11) is 3.21. The van der Waals surface area contributed by atoms with Crippen LogP contribution < -0.4 is 5.32 Å². The molecule has 96 valence electrons. The third-order valence-electron chi connectivity index (χ3n) is 2.52. The molecule has 0 aromatic carbocycles. The lowest BCUT2D eigenvalue weighted by Gasteiger charge is -1.96. The lowest BCUT2D eigenvalue weighted by Crippen LogP contribution is -2.03. The number of nitrogens with zero attached hydrogens (tertiary/aromatic N) is 3. The molecule has 7 heteroatoms. The Hall–Kier alpha value is -1.89. The van der Waals surface area contributed by atoms with Crippen molar-refractivity contribution in [1.82, 2.24) is 14.8 Å². The first-order valence-electron chi connectivity index (χ1n) is 5.34. The molecule has 2 aromatic rings. The number of carbonyl (C=O) groups excluding carboxylic acids is 1. The van der Waals surface area contributed by atoms with Crippen LogP contribution in [0.25, 0.3) is 0 Å². The summed E-state index contributed by atoms with van der Waals surface area (Å²) in [6.45, 7) is 3.80. The summed E-state index contributed by atoms with van der Waals surface area (Å²) in [6, 6.07) is 1.91. The maximum absolute atomic E-state index is 11.4. The number of methoxy groups -OCH3 is 1. The fourth-order valence-electron chi connectivity index (χ4n) is 1.47. The maximum atomic E-state index is 11.4.